The molecule has 7 heteroatoms. The fourth-order valence-electron chi connectivity index (χ4n) is 2.86. The first-order valence-electron chi connectivity index (χ1n) is 9.42. The Hall–Kier alpha value is -3.90. The van der Waals surface area contributed by atoms with Crippen LogP contribution in [0.5, 0.6) is 17.5 Å². The molecule has 0 saturated heterocycles. The summed E-state index contributed by atoms with van der Waals surface area (Å²) in [7, 11) is 1.59. The summed E-state index contributed by atoms with van der Waals surface area (Å²) in [4.78, 5) is 21.1. The highest BCUT2D eigenvalue weighted by atomic mass is 35.5. The third-order valence-corrected chi connectivity index (χ3v) is 4.69. The van der Waals surface area contributed by atoms with E-state index in [1.165, 1.54) is 0 Å². The molecular weight excluding hydrogens is 414 g/mol. The molecule has 154 valence electrons. The third kappa shape index (κ3) is 5.18. The maximum Gasteiger partial charge on any atom is 0.321 e. The molecule has 0 unspecified atom stereocenters. The van der Waals surface area contributed by atoms with Gasteiger partial charge >= 0.3 is 6.01 Å². The zero-order valence-electron chi connectivity index (χ0n) is 16.6. The van der Waals surface area contributed by atoms with Crippen molar-refractivity contribution in [2.45, 2.75) is 0 Å². The number of rotatable bonds is 6. The molecule has 0 aliphatic rings. The van der Waals surface area contributed by atoms with Crippen molar-refractivity contribution < 1.29 is 14.3 Å². The van der Waals surface area contributed by atoms with Gasteiger partial charge in [0.05, 0.1) is 7.11 Å². The van der Waals surface area contributed by atoms with Gasteiger partial charge < -0.3 is 14.8 Å². The van der Waals surface area contributed by atoms with E-state index < -0.39 is 0 Å². The van der Waals surface area contributed by atoms with Crippen molar-refractivity contribution in [2.75, 3.05) is 12.4 Å². The van der Waals surface area contributed by atoms with Crippen LogP contribution in [0.25, 0.3) is 11.1 Å². The summed E-state index contributed by atoms with van der Waals surface area (Å²) < 4.78 is 10.9. The van der Waals surface area contributed by atoms with Gasteiger partial charge in [-0.1, -0.05) is 29.8 Å². The van der Waals surface area contributed by atoms with Gasteiger partial charge in [0.2, 0.25) is 0 Å². The zero-order chi connectivity index (χ0) is 21.6. The van der Waals surface area contributed by atoms with Crippen LogP contribution in [-0.2, 0) is 0 Å². The molecule has 1 N–H and O–H groups in total. The summed E-state index contributed by atoms with van der Waals surface area (Å²) in [5, 5.41) is 3.46. The minimum absolute atomic E-state index is 0.216. The molecule has 0 aliphatic carbocycles. The first-order chi connectivity index (χ1) is 15.1. The topological polar surface area (TPSA) is 73.3 Å². The summed E-state index contributed by atoms with van der Waals surface area (Å²) in [5.41, 5.74) is 2.77. The van der Waals surface area contributed by atoms with Gasteiger partial charge in [-0.3, -0.25) is 4.79 Å². The van der Waals surface area contributed by atoms with E-state index in [0.717, 1.165) is 11.1 Å². The molecule has 0 bridgehead atoms. The summed E-state index contributed by atoms with van der Waals surface area (Å²) in [5.74, 6) is 1.04. The van der Waals surface area contributed by atoms with E-state index in [4.69, 9.17) is 21.1 Å². The Bertz CT molecular complexity index is 1200. The molecule has 4 rings (SSSR count). The fraction of sp³-hybridized carbons (Fsp3) is 0.0417. The molecule has 1 amide bonds. The highest BCUT2D eigenvalue weighted by Crippen LogP contribution is 2.25. The average Bonchev–Trinajstić information content (AvgIpc) is 2.81. The van der Waals surface area contributed by atoms with Crippen molar-refractivity contribution in [1.82, 2.24) is 9.97 Å². The van der Waals surface area contributed by atoms with E-state index in [9.17, 15) is 4.79 Å². The molecule has 0 fully saturated rings. The van der Waals surface area contributed by atoms with Crippen LogP contribution in [0.1, 0.15) is 10.4 Å². The second-order valence-electron chi connectivity index (χ2n) is 6.58. The minimum Gasteiger partial charge on any atom is -0.497 e. The Morgan fingerprint density at radius 3 is 2.32 bits per heavy atom. The molecule has 6 nitrogen and oxygen atoms in total. The van der Waals surface area contributed by atoms with Gasteiger partial charge in [0.25, 0.3) is 5.91 Å². The number of aromatic nitrogens is 2. The normalized spacial score (nSPS) is 10.4. The molecule has 0 atom stereocenters. The summed E-state index contributed by atoms with van der Waals surface area (Å²) in [6.07, 6.45) is 3.30. The van der Waals surface area contributed by atoms with Gasteiger partial charge in [-0.2, -0.15) is 0 Å². The fourth-order valence-corrected chi connectivity index (χ4v) is 2.99. The van der Waals surface area contributed by atoms with Crippen molar-refractivity contribution in [3.05, 3.63) is 95.8 Å². The predicted octanol–water partition coefficient (Wildman–Crippen LogP) is 5.85. The van der Waals surface area contributed by atoms with Crippen LogP contribution in [0.15, 0.2) is 85.2 Å². The van der Waals surface area contributed by atoms with E-state index in [1.54, 1.807) is 68.0 Å². The lowest BCUT2D eigenvalue weighted by atomic mass is 10.1. The number of ether oxygens (including phenoxy) is 2. The second kappa shape index (κ2) is 9.28. The van der Waals surface area contributed by atoms with E-state index in [0.29, 0.717) is 27.8 Å². The van der Waals surface area contributed by atoms with Crippen molar-refractivity contribution in [3.8, 4) is 28.6 Å². The van der Waals surface area contributed by atoms with E-state index in [-0.39, 0.29) is 11.9 Å². The molecule has 0 saturated carbocycles. The standard InChI is InChI=1S/C24H18ClN3O3/c1-30-21-6-3-7-22(13-21)31-24-26-14-18(15-27-24)16-4-2-5-17(12-16)23(29)28-20-10-8-19(25)9-11-20/h2-15H,1H3,(H,28,29). The number of nitrogens with one attached hydrogen (secondary N) is 1. The Labute approximate surface area is 184 Å². The summed E-state index contributed by atoms with van der Waals surface area (Å²) >= 11 is 5.88. The Morgan fingerprint density at radius 2 is 1.58 bits per heavy atom. The quantitative estimate of drug-likeness (QED) is 0.414. The van der Waals surface area contributed by atoms with Crippen molar-refractivity contribution >= 4 is 23.2 Å². The van der Waals surface area contributed by atoms with Gasteiger partial charge in [-0.05, 0) is 54.1 Å². The van der Waals surface area contributed by atoms with Crippen molar-refractivity contribution in [1.29, 1.82) is 0 Å². The zero-order valence-corrected chi connectivity index (χ0v) is 17.3. The number of carbonyl (C=O) groups is 1. The molecule has 1 aromatic heterocycles. The third-order valence-electron chi connectivity index (χ3n) is 4.44. The van der Waals surface area contributed by atoms with Crippen LogP contribution in [0.3, 0.4) is 0 Å². The highest BCUT2D eigenvalue weighted by molar-refractivity contribution is 6.30. The molecular formula is C24H18ClN3O3. The Balaban J connectivity index is 1.48. The number of amides is 1. The van der Waals surface area contributed by atoms with Crippen molar-refractivity contribution in [2.24, 2.45) is 0 Å². The maximum absolute atomic E-state index is 12.6. The number of methoxy groups -OCH3 is 1. The van der Waals surface area contributed by atoms with Gasteiger partial charge in [0.15, 0.2) is 0 Å². The minimum atomic E-state index is -0.219. The van der Waals surface area contributed by atoms with E-state index >= 15 is 0 Å². The maximum atomic E-state index is 12.6. The largest absolute Gasteiger partial charge is 0.497 e. The lowest BCUT2D eigenvalue weighted by Crippen LogP contribution is -2.11. The summed E-state index contributed by atoms with van der Waals surface area (Å²) in [6, 6.07) is 21.6. The van der Waals surface area contributed by atoms with Crippen LogP contribution < -0.4 is 14.8 Å². The highest BCUT2D eigenvalue weighted by Gasteiger charge is 2.09. The number of halogens is 1. The molecule has 0 spiro atoms. The SMILES string of the molecule is COc1cccc(Oc2ncc(-c3cccc(C(=O)Nc4ccc(Cl)cc4)c3)cn2)c1. The van der Waals surface area contributed by atoms with Crippen molar-refractivity contribution in [3.63, 3.8) is 0 Å². The van der Waals surface area contributed by atoms with Gasteiger partial charge in [0.1, 0.15) is 11.5 Å². The van der Waals surface area contributed by atoms with Crippen LogP contribution in [0.4, 0.5) is 5.69 Å². The lowest BCUT2D eigenvalue weighted by Gasteiger charge is -2.08. The van der Waals surface area contributed by atoms with Gasteiger partial charge in [-0.25, -0.2) is 9.97 Å². The smallest absolute Gasteiger partial charge is 0.321 e. The average molecular weight is 432 g/mol. The van der Waals surface area contributed by atoms with Gasteiger partial charge in [-0.15, -0.1) is 0 Å². The second-order valence-corrected chi connectivity index (χ2v) is 7.01. The number of hydrogen-bond donors (Lipinski definition) is 1. The summed E-state index contributed by atoms with van der Waals surface area (Å²) in [6.45, 7) is 0. The Morgan fingerprint density at radius 1 is 0.871 bits per heavy atom. The van der Waals surface area contributed by atoms with Crippen LogP contribution in [0.2, 0.25) is 5.02 Å². The van der Waals surface area contributed by atoms with E-state index in [1.807, 2.05) is 24.3 Å². The lowest BCUT2D eigenvalue weighted by molar-refractivity contribution is 0.102. The Kier molecular flexibility index (Phi) is 6.10. The number of nitrogens with zero attached hydrogens (tertiary/aromatic N) is 2. The molecule has 31 heavy (non-hydrogen) atoms. The molecule has 0 aliphatic heterocycles. The number of carbonyl (C=O) groups excluding carboxylic acids is 1. The van der Waals surface area contributed by atoms with Gasteiger partial charge in [0, 0.05) is 40.3 Å². The van der Waals surface area contributed by atoms with Crippen LogP contribution in [0, 0.1) is 0 Å². The molecule has 0 radical (unpaired) electrons. The van der Waals surface area contributed by atoms with E-state index in [2.05, 4.69) is 15.3 Å². The van der Waals surface area contributed by atoms with Crippen LogP contribution in [-0.4, -0.2) is 23.0 Å². The molecule has 1 heterocycles. The predicted molar refractivity (Wildman–Crippen MR) is 120 cm³/mol. The van der Waals surface area contributed by atoms with Crippen LogP contribution >= 0.6 is 11.6 Å². The number of benzene rings is 3. The monoisotopic (exact) mass is 431 g/mol. The first kappa shape index (κ1) is 20.4. The molecule has 3 aromatic carbocycles. The number of hydrogen-bond acceptors (Lipinski definition) is 5. The number of anilines is 1. The molecule has 4 aromatic rings. The first-order valence-corrected chi connectivity index (χ1v) is 9.80.